The summed E-state index contributed by atoms with van der Waals surface area (Å²) < 4.78 is 32.9. The van der Waals surface area contributed by atoms with E-state index in [9.17, 15) is 13.2 Å². The first-order chi connectivity index (χ1) is 12.3. The van der Waals surface area contributed by atoms with E-state index in [1.165, 1.54) is 24.3 Å². The van der Waals surface area contributed by atoms with E-state index in [2.05, 4.69) is 16.6 Å². The van der Waals surface area contributed by atoms with Crippen molar-refractivity contribution in [1.29, 1.82) is 0 Å². The van der Waals surface area contributed by atoms with Gasteiger partial charge in [0.2, 0.25) is 0 Å². The van der Waals surface area contributed by atoms with Crippen LogP contribution in [-0.2, 0) is 10.0 Å². The second kappa shape index (κ2) is 8.53. The highest BCUT2D eigenvalue weighted by atomic mass is 32.2. The van der Waals surface area contributed by atoms with Crippen LogP contribution in [0.4, 0.5) is 5.69 Å². The number of rotatable bonds is 8. The van der Waals surface area contributed by atoms with Crippen LogP contribution in [0.5, 0.6) is 5.75 Å². The summed E-state index contributed by atoms with van der Waals surface area (Å²) in [6.07, 6.45) is 1.61. The number of hydrogen-bond acceptors (Lipinski definition) is 4. The van der Waals surface area contributed by atoms with Crippen molar-refractivity contribution in [3.05, 3.63) is 66.7 Å². The van der Waals surface area contributed by atoms with Crippen LogP contribution in [0.1, 0.15) is 24.2 Å². The number of carbonyl (C=O) groups is 1. The number of ether oxygens (including phenoxy) is 1. The summed E-state index contributed by atoms with van der Waals surface area (Å²) in [5, 5.41) is 2.63. The standard InChI is InChI=1S/C19H22N2O4S/c1-4-13-20-19(22)15-5-11-18(12-6-15)26(23,24)21-16-7-9-17(10-8-16)25-14(2)3/h4-12,14,21H,1,13H2,2-3H3,(H,20,22). The van der Waals surface area contributed by atoms with Gasteiger partial charge < -0.3 is 10.1 Å². The summed E-state index contributed by atoms with van der Waals surface area (Å²) >= 11 is 0. The molecule has 1 amide bonds. The van der Waals surface area contributed by atoms with Gasteiger partial charge in [0.25, 0.3) is 15.9 Å². The van der Waals surface area contributed by atoms with E-state index < -0.39 is 10.0 Å². The third-order valence-corrected chi connectivity index (χ3v) is 4.71. The molecule has 7 heteroatoms. The number of amides is 1. The number of nitrogens with one attached hydrogen (secondary N) is 2. The molecular formula is C19H22N2O4S. The van der Waals surface area contributed by atoms with E-state index in [0.717, 1.165) is 0 Å². The highest BCUT2D eigenvalue weighted by Crippen LogP contribution is 2.20. The molecule has 0 unspecified atom stereocenters. The molecule has 0 bridgehead atoms. The predicted octanol–water partition coefficient (Wildman–Crippen LogP) is 3.19. The molecule has 0 spiro atoms. The first-order valence-electron chi connectivity index (χ1n) is 8.10. The third kappa shape index (κ3) is 5.35. The molecule has 0 aliphatic carbocycles. The Balaban J connectivity index is 2.09. The highest BCUT2D eigenvalue weighted by Gasteiger charge is 2.15. The number of carbonyl (C=O) groups excluding carboxylic acids is 1. The topological polar surface area (TPSA) is 84.5 Å². The molecule has 138 valence electrons. The van der Waals surface area contributed by atoms with E-state index in [1.807, 2.05) is 13.8 Å². The van der Waals surface area contributed by atoms with Crippen molar-refractivity contribution in [2.45, 2.75) is 24.8 Å². The van der Waals surface area contributed by atoms with Crippen LogP contribution in [0.2, 0.25) is 0 Å². The van der Waals surface area contributed by atoms with E-state index in [0.29, 0.717) is 23.5 Å². The fourth-order valence-electron chi connectivity index (χ4n) is 2.14. The van der Waals surface area contributed by atoms with Gasteiger partial charge in [-0.2, -0.15) is 0 Å². The lowest BCUT2D eigenvalue weighted by Gasteiger charge is -2.12. The van der Waals surface area contributed by atoms with Crippen molar-refractivity contribution < 1.29 is 17.9 Å². The molecule has 0 aromatic heterocycles. The summed E-state index contributed by atoms with van der Waals surface area (Å²) in [5.41, 5.74) is 0.801. The molecule has 0 atom stereocenters. The third-order valence-electron chi connectivity index (χ3n) is 3.31. The normalized spacial score (nSPS) is 11.0. The maximum absolute atomic E-state index is 12.5. The van der Waals surface area contributed by atoms with Crippen molar-refractivity contribution in [1.82, 2.24) is 5.32 Å². The Kier molecular flexibility index (Phi) is 6.41. The van der Waals surface area contributed by atoms with Crippen LogP contribution < -0.4 is 14.8 Å². The maximum atomic E-state index is 12.5. The molecule has 0 heterocycles. The Hall–Kier alpha value is -2.80. The zero-order valence-corrected chi connectivity index (χ0v) is 15.5. The SMILES string of the molecule is C=CCNC(=O)c1ccc(S(=O)(=O)Nc2ccc(OC(C)C)cc2)cc1. The van der Waals surface area contributed by atoms with Crippen molar-refractivity contribution in [2.75, 3.05) is 11.3 Å². The minimum Gasteiger partial charge on any atom is -0.491 e. The molecule has 0 saturated carbocycles. The molecule has 2 aromatic carbocycles. The zero-order chi connectivity index (χ0) is 19.2. The minimum atomic E-state index is -3.75. The maximum Gasteiger partial charge on any atom is 0.261 e. The van der Waals surface area contributed by atoms with Crippen LogP contribution in [0.15, 0.2) is 66.1 Å². The Morgan fingerprint density at radius 2 is 1.73 bits per heavy atom. The van der Waals surface area contributed by atoms with Gasteiger partial charge in [0, 0.05) is 17.8 Å². The van der Waals surface area contributed by atoms with Crippen LogP contribution in [0.25, 0.3) is 0 Å². The van der Waals surface area contributed by atoms with Crippen LogP contribution in [-0.4, -0.2) is 27.0 Å². The average Bonchev–Trinajstić information content (AvgIpc) is 2.61. The van der Waals surface area contributed by atoms with Gasteiger partial charge in [-0.3, -0.25) is 9.52 Å². The number of hydrogen-bond donors (Lipinski definition) is 2. The molecule has 26 heavy (non-hydrogen) atoms. The fourth-order valence-corrected chi connectivity index (χ4v) is 3.20. The van der Waals surface area contributed by atoms with E-state index in [4.69, 9.17) is 4.74 Å². The van der Waals surface area contributed by atoms with Crippen molar-refractivity contribution in [3.8, 4) is 5.75 Å². The molecular weight excluding hydrogens is 352 g/mol. The molecule has 0 aliphatic rings. The van der Waals surface area contributed by atoms with Gasteiger partial charge in [0.15, 0.2) is 0 Å². The smallest absolute Gasteiger partial charge is 0.261 e. The second-order valence-corrected chi connectivity index (χ2v) is 7.50. The lowest BCUT2D eigenvalue weighted by molar-refractivity contribution is 0.0958. The Morgan fingerprint density at radius 3 is 2.27 bits per heavy atom. The molecule has 2 aromatic rings. The first kappa shape index (κ1) is 19.5. The van der Waals surface area contributed by atoms with E-state index >= 15 is 0 Å². The van der Waals surface area contributed by atoms with Crippen LogP contribution in [0, 0.1) is 0 Å². The number of sulfonamides is 1. The largest absolute Gasteiger partial charge is 0.491 e. The van der Waals surface area contributed by atoms with Gasteiger partial charge in [-0.25, -0.2) is 8.42 Å². The summed E-state index contributed by atoms with van der Waals surface area (Å²) in [6.45, 7) is 7.70. The van der Waals surface area contributed by atoms with Crippen molar-refractivity contribution >= 4 is 21.6 Å². The average molecular weight is 374 g/mol. The van der Waals surface area contributed by atoms with Gasteiger partial charge in [-0.1, -0.05) is 6.08 Å². The summed E-state index contributed by atoms with van der Waals surface area (Å²) in [4.78, 5) is 11.9. The number of benzene rings is 2. The van der Waals surface area contributed by atoms with Gasteiger partial charge in [0.05, 0.1) is 11.0 Å². The fraction of sp³-hybridized carbons (Fsp3) is 0.211. The molecule has 2 N–H and O–H groups in total. The van der Waals surface area contributed by atoms with Crippen molar-refractivity contribution in [2.24, 2.45) is 0 Å². The summed E-state index contributed by atoms with van der Waals surface area (Å²) in [6, 6.07) is 12.4. The van der Waals surface area contributed by atoms with Crippen LogP contribution in [0.3, 0.4) is 0 Å². The second-order valence-electron chi connectivity index (χ2n) is 5.82. The lowest BCUT2D eigenvalue weighted by Crippen LogP contribution is -2.23. The van der Waals surface area contributed by atoms with E-state index in [1.54, 1.807) is 30.3 Å². The molecule has 2 rings (SSSR count). The van der Waals surface area contributed by atoms with Gasteiger partial charge >= 0.3 is 0 Å². The first-order valence-corrected chi connectivity index (χ1v) is 9.59. The highest BCUT2D eigenvalue weighted by molar-refractivity contribution is 7.92. The molecule has 0 saturated heterocycles. The molecule has 6 nitrogen and oxygen atoms in total. The molecule has 0 aliphatic heterocycles. The quantitative estimate of drug-likeness (QED) is 0.695. The minimum absolute atomic E-state index is 0.0414. The molecule has 0 radical (unpaired) electrons. The van der Waals surface area contributed by atoms with Crippen LogP contribution >= 0.6 is 0 Å². The van der Waals surface area contributed by atoms with Gasteiger partial charge in [0.1, 0.15) is 5.75 Å². The Morgan fingerprint density at radius 1 is 1.12 bits per heavy atom. The number of anilines is 1. The van der Waals surface area contributed by atoms with E-state index in [-0.39, 0.29) is 16.9 Å². The predicted molar refractivity (Wildman–Crippen MR) is 102 cm³/mol. The summed E-state index contributed by atoms with van der Waals surface area (Å²) in [5.74, 6) is 0.375. The monoisotopic (exact) mass is 374 g/mol. The Bertz CT molecular complexity index is 857. The zero-order valence-electron chi connectivity index (χ0n) is 14.7. The Labute approximate surface area is 153 Å². The van der Waals surface area contributed by atoms with Crippen molar-refractivity contribution in [3.63, 3.8) is 0 Å². The lowest BCUT2D eigenvalue weighted by atomic mass is 10.2. The van der Waals surface area contributed by atoms with Gasteiger partial charge in [-0.05, 0) is 62.4 Å². The summed E-state index contributed by atoms with van der Waals surface area (Å²) in [7, 11) is -3.75. The molecule has 0 fully saturated rings. The van der Waals surface area contributed by atoms with Gasteiger partial charge in [-0.15, -0.1) is 6.58 Å².